The number of nitrogens with zero attached hydrogens (tertiary/aromatic N) is 1. The van der Waals surface area contributed by atoms with E-state index in [9.17, 15) is 19.8 Å². The van der Waals surface area contributed by atoms with E-state index in [2.05, 4.69) is 40.8 Å². The highest BCUT2D eigenvalue weighted by molar-refractivity contribution is 5.86. The highest BCUT2D eigenvalue weighted by Crippen LogP contribution is 2.34. The molecule has 0 radical (unpaired) electrons. The van der Waals surface area contributed by atoms with Gasteiger partial charge >= 0.3 is 0 Å². The summed E-state index contributed by atoms with van der Waals surface area (Å²) in [5.74, 6) is 0. The van der Waals surface area contributed by atoms with Crippen LogP contribution in [-0.4, -0.2) is 44.2 Å². The van der Waals surface area contributed by atoms with Crippen molar-refractivity contribution in [3.05, 3.63) is 126 Å². The van der Waals surface area contributed by atoms with Crippen LogP contribution in [-0.2, 0) is 25.7 Å². The van der Waals surface area contributed by atoms with Crippen molar-refractivity contribution < 1.29 is 10.2 Å². The molecule has 0 fully saturated rings. The quantitative estimate of drug-likeness (QED) is 0.185. The molecule has 228 valence electrons. The van der Waals surface area contributed by atoms with Gasteiger partial charge in [0.25, 0.3) is 0 Å². The number of rotatable bonds is 9. The van der Waals surface area contributed by atoms with Crippen LogP contribution in [0.3, 0.4) is 0 Å². The normalized spacial score (nSPS) is 14.9. The first-order valence-electron chi connectivity index (χ1n) is 15.7. The number of aryl methyl sites for hydroxylation is 4. The molecule has 0 saturated heterocycles. The third-order valence-electron chi connectivity index (χ3n) is 9.52. The second-order valence-corrected chi connectivity index (χ2v) is 12.3. The molecule has 6 rings (SSSR count). The molecular formula is C37H41N3O4. The summed E-state index contributed by atoms with van der Waals surface area (Å²) in [5, 5.41) is 25.2. The lowest BCUT2D eigenvalue weighted by Gasteiger charge is -2.33. The van der Waals surface area contributed by atoms with E-state index in [1.807, 2.05) is 38.1 Å². The molecule has 0 amide bonds. The van der Waals surface area contributed by atoms with Crippen LogP contribution in [0.5, 0.6) is 0 Å². The smallest absolute Gasteiger partial charge is 0.248 e. The molecule has 1 unspecified atom stereocenters. The van der Waals surface area contributed by atoms with Crippen LogP contribution in [0.25, 0.3) is 21.8 Å². The van der Waals surface area contributed by atoms with E-state index in [1.165, 1.54) is 34.4 Å². The van der Waals surface area contributed by atoms with Crippen LogP contribution >= 0.6 is 0 Å². The van der Waals surface area contributed by atoms with Gasteiger partial charge in [0, 0.05) is 42.0 Å². The Morgan fingerprint density at radius 2 is 1.14 bits per heavy atom. The predicted octanol–water partition coefficient (Wildman–Crippen LogP) is 5.35. The zero-order chi connectivity index (χ0) is 31.1. The van der Waals surface area contributed by atoms with Gasteiger partial charge in [-0.15, -0.1) is 0 Å². The topological polar surface area (TPSA) is 109 Å². The number of aromatic amines is 2. The Labute approximate surface area is 257 Å². The Kier molecular flexibility index (Phi) is 8.29. The largest absolute Gasteiger partial charge is 0.387 e. The van der Waals surface area contributed by atoms with E-state index in [-0.39, 0.29) is 17.2 Å². The summed E-state index contributed by atoms with van der Waals surface area (Å²) >= 11 is 0. The lowest BCUT2D eigenvalue weighted by molar-refractivity contribution is 0.0470. The van der Waals surface area contributed by atoms with Gasteiger partial charge in [0.15, 0.2) is 0 Å². The minimum absolute atomic E-state index is 0.0964. The van der Waals surface area contributed by atoms with E-state index in [0.717, 1.165) is 69.7 Å². The summed E-state index contributed by atoms with van der Waals surface area (Å²) in [5.41, 5.74) is 9.94. The first kappa shape index (κ1) is 30.0. The molecule has 1 aliphatic rings. The van der Waals surface area contributed by atoms with Gasteiger partial charge in [-0.2, -0.15) is 0 Å². The van der Waals surface area contributed by atoms with Gasteiger partial charge in [0.2, 0.25) is 11.1 Å². The van der Waals surface area contributed by atoms with Crippen molar-refractivity contribution in [2.75, 3.05) is 13.1 Å². The summed E-state index contributed by atoms with van der Waals surface area (Å²) in [6, 6.07) is 19.1. The van der Waals surface area contributed by atoms with Gasteiger partial charge in [-0.3, -0.25) is 14.5 Å². The Hall–Kier alpha value is -4.04. The standard InChI is InChI=1S/C37H41N3O4/c1-5-23-15-25-17-27(18-26(25)16-24(23)6-2)40(19-32(41)28-9-7-21(3)36-30(28)11-13-34(43)38-36)20-33(42)29-10-8-22(4)37-31(29)12-14-35(44)39-37/h7-16,27,32-33,41-42H,5-6,17-20H2,1-4H3,(H,38,43)(H,39,44)/t32-,33?/m0/s1. The molecule has 0 saturated carbocycles. The van der Waals surface area contributed by atoms with Crippen molar-refractivity contribution in [3.63, 3.8) is 0 Å². The van der Waals surface area contributed by atoms with Crippen molar-refractivity contribution >= 4 is 21.8 Å². The SMILES string of the molecule is CCc1cc2c(cc1CC)CC(N(CC(O)c1ccc(C)c3[nH]c(=O)ccc13)C[C@H](O)c1ccc(C)c3[nH]c(=O)ccc13)C2. The molecular weight excluding hydrogens is 550 g/mol. The first-order chi connectivity index (χ1) is 21.2. The van der Waals surface area contributed by atoms with E-state index >= 15 is 0 Å². The van der Waals surface area contributed by atoms with Crippen LogP contribution in [0.15, 0.2) is 70.3 Å². The molecule has 2 heterocycles. The van der Waals surface area contributed by atoms with Crippen LogP contribution in [0.4, 0.5) is 0 Å². The third kappa shape index (κ3) is 5.63. The van der Waals surface area contributed by atoms with E-state index < -0.39 is 12.2 Å². The van der Waals surface area contributed by atoms with Gasteiger partial charge in [-0.25, -0.2) is 0 Å². The number of aliphatic hydroxyl groups is 2. The van der Waals surface area contributed by atoms with Gasteiger partial charge < -0.3 is 20.2 Å². The molecule has 2 atom stereocenters. The number of hydrogen-bond donors (Lipinski definition) is 4. The van der Waals surface area contributed by atoms with Crippen LogP contribution in [0.2, 0.25) is 0 Å². The van der Waals surface area contributed by atoms with Gasteiger partial charge in [-0.05, 0) is 96.2 Å². The maximum absolute atomic E-state index is 12.1. The van der Waals surface area contributed by atoms with Gasteiger partial charge in [0.1, 0.15) is 0 Å². The summed E-state index contributed by atoms with van der Waals surface area (Å²) in [7, 11) is 0. The second-order valence-electron chi connectivity index (χ2n) is 12.3. The Bertz CT molecular complexity index is 1830. The minimum atomic E-state index is -0.844. The zero-order valence-electron chi connectivity index (χ0n) is 25.9. The molecule has 7 nitrogen and oxygen atoms in total. The monoisotopic (exact) mass is 591 g/mol. The summed E-state index contributed by atoms with van der Waals surface area (Å²) in [6.45, 7) is 8.92. The summed E-state index contributed by atoms with van der Waals surface area (Å²) in [4.78, 5) is 32.2. The highest BCUT2D eigenvalue weighted by Gasteiger charge is 2.31. The highest BCUT2D eigenvalue weighted by atomic mass is 16.3. The van der Waals surface area contributed by atoms with Crippen LogP contribution in [0, 0.1) is 13.8 Å². The van der Waals surface area contributed by atoms with Crippen LogP contribution in [0.1, 0.15) is 70.6 Å². The zero-order valence-corrected chi connectivity index (χ0v) is 25.9. The van der Waals surface area contributed by atoms with E-state index in [1.54, 1.807) is 12.1 Å². The molecule has 7 heteroatoms. The maximum atomic E-state index is 12.1. The molecule has 44 heavy (non-hydrogen) atoms. The fourth-order valence-electron chi connectivity index (χ4n) is 7.09. The molecule has 2 aromatic heterocycles. The molecule has 0 aliphatic heterocycles. The Balaban J connectivity index is 1.36. The Morgan fingerprint density at radius 1 is 0.705 bits per heavy atom. The summed E-state index contributed by atoms with van der Waals surface area (Å²) in [6.07, 6.45) is 1.98. The Morgan fingerprint density at radius 3 is 1.55 bits per heavy atom. The lowest BCUT2D eigenvalue weighted by atomic mass is 9.97. The second kappa shape index (κ2) is 12.2. The van der Waals surface area contributed by atoms with E-state index in [0.29, 0.717) is 13.1 Å². The van der Waals surface area contributed by atoms with Crippen molar-refractivity contribution in [2.24, 2.45) is 0 Å². The maximum Gasteiger partial charge on any atom is 0.248 e. The molecule has 0 spiro atoms. The van der Waals surface area contributed by atoms with Crippen molar-refractivity contribution in [2.45, 2.75) is 71.6 Å². The van der Waals surface area contributed by atoms with Gasteiger partial charge in [0.05, 0.1) is 23.2 Å². The lowest BCUT2D eigenvalue weighted by Crippen LogP contribution is -2.41. The van der Waals surface area contributed by atoms with Crippen molar-refractivity contribution in [3.8, 4) is 0 Å². The molecule has 5 aromatic rings. The molecule has 0 bridgehead atoms. The average molecular weight is 592 g/mol. The number of aliphatic hydroxyl groups excluding tert-OH is 2. The average Bonchev–Trinajstić information content (AvgIpc) is 3.43. The summed E-state index contributed by atoms with van der Waals surface area (Å²) < 4.78 is 0. The van der Waals surface area contributed by atoms with Crippen molar-refractivity contribution in [1.29, 1.82) is 0 Å². The fourth-order valence-corrected chi connectivity index (χ4v) is 7.09. The molecule has 4 N–H and O–H groups in total. The minimum Gasteiger partial charge on any atom is -0.387 e. The van der Waals surface area contributed by atoms with Crippen molar-refractivity contribution in [1.82, 2.24) is 14.9 Å². The molecule has 3 aromatic carbocycles. The predicted molar refractivity (Wildman–Crippen MR) is 176 cm³/mol. The number of pyridine rings is 2. The molecule has 1 aliphatic carbocycles. The number of nitrogens with one attached hydrogen (secondary N) is 2. The number of fused-ring (bicyclic) bond motifs is 3. The third-order valence-corrected chi connectivity index (χ3v) is 9.52. The number of benzene rings is 3. The number of hydrogen-bond acceptors (Lipinski definition) is 5. The van der Waals surface area contributed by atoms with Crippen LogP contribution < -0.4 is 11.1 Å². The van der Waals surface area contributed by atoms with E-state index in [4.69, 9.17) is 0 Å². The van der Waals surface area contributed by atoms with Gasteiger partial charge in [-0.1, -0.05) is 50.2 Å². The fraction of sp³-hybridized carbons (Fsp3) is 0.351. The number of aromatic nitrogens is 2. The first-order valence-corrected chi connectivity index (χ1v) is 15.7. The number of H-pyrrole nitrogens is 2.